The van der Waals surface area contributed by atoms with Gasteiger partial charge in [-0.15, -0.1) is 0 Å². The Balaban J connectivity index is 1.89. The Hall–Kier alpha value is -2.42. The maximum Gasteiger partial charge on any atom is 0.243 e. The summed E-state index contributed by atoms with van der Waals surface area (Å²) in [6.45, 7) is 3.39. The minimum atomic E-state index is -3.69. The molecular weight excluding hydrogens is 438 g/mol. The first-order valence-electron chi connectivity index (χ1n) is 11.1. The summed E-state index contributed by atoms with van der Waals surface area (Å²) in [6.07, 6.45) is 2.25. The summed E-state index contributed by atoms with van der Waals surface area (Å²) in [5.74, 6) is 0.506. The zero-order valence-corrected chi connectivity index (χ0v) is 21.5. The van der Waals surface area contributed by atoms with Crippen LogP contribution in [-0.2, 0) is 27.8 Å². The molecule has 0 heterocycles. The van der Waals surface area contributed by atoms with E-state index >= 15 is 0 Å². The van der Waals surface area contributed by atoms with Crippen molar-refractivity contribution in [1.82, 2.24) is 14.1 Å². The second-order valence-corrected chi connectivity index (χ2v) is 10.7. The second kappa shape index (κ2) is 12.2. The number of carbonyl (C=O) groups excluding carboxylic acids is 1. The Morgan fingerprint density at radius 2 is 1.58 bits per heavy atom. The van der Waals surface area contributed by atoms with Crippen molar-refractivity contribution in [3.8, 4) is 5.75 Å². The van der Waals surface area contributed by atoms with E-state index < -0.39 is 10.0 Å². The van der Waals surface area contributed by atoms with Gasteiger partial charge in [-0.05, 0) is 75.3 Å². The van der Waals surface area contributed by atoms with Crippen LogP contribution in [0.4, 0.5) is 0 Å². The highest BCUT2D eigenvalue weighted by Crippen LogP contribution is 2.23. The summed E-state index contributed by atoms with van der Waals surface area (Å²) < 4.78 is 32.2. The fourth-order valence-corrected chi connectivity index (χ4v) is 4.92. The molecule has 0 radical (unpaired) electrons. The van der Waals surface area contributed by atoms with Crippen LogP contribution in [0.5, 0.6) is 5.75 Å². The van der Waals surface area contributed by atoms with Crippen LogP contribution >= 0.6 is 0 Å². The Kier molecular flexibility index (Phi) is 9.88. The predicted octanol–water partition coefficient (Wildman–Crippen LogP) is 3.17. The molecule has 7 nitrogen and oxygen atoms in total. The Morgan fingerprint density at radius 1 is 0.939 bits per heavy atom. The van der Waals surface area contributed by atoms with E-state index in [-0.39, 0.29) is 23.8 Å². The van der Waals surface area contributed by atoms with Crippen LogP contribution in [-0.4, -0.2) is 76.8 Å². The van der Waals surface area contributed by atoms with Crippen molar-refractivity contribution in [2.45, 2.75) is 37.6 Å². The van der Waals surface area contributed by atoms with Crippen molar-refractivity contribution >= 4 is 15.9 Å². The Labute approximate surface area is 199 Å². The maximum atomic E-state index is 12.9. The molecular formula is C25H37N3O4S. The summed E-state index contributed by atoms with van der Waals surface area (Å²) in [4.78, 5) is 16.7. The molecule has 1 amide bonds. The molecule has 0 saturated carbocycles. The third kappa shape index (κ3) is 7.84. The molecule has 2 aromatic rings. The molecule has 0 atom stereocenters. The average molecular weight is 476 g/mol. The summed E-state index contributed by atoms with van der Waals surface area (Å²) in [5.41, 5.74) is 2.95. The van der Waals surface area contributed by atoms with Gasteiger partial charge < -0.3 is 14.5 Å². The van der Waals surface area contributed by atoms with E-state index in [0.29, 0.717) is 17.9 Å². The topological polar surface area (TPSA) is 70.2 Å². The lowest BCUT2D eigenvalue weighted by Crippen LogP contribution is -2.33. The molecule has 0 N–H and O–H groups in total. The molecule has 0 aliphatic carbocycles. The van der Waals surface area contributed by atoms with Crippen LogP contribution in [0, 0.1) is 6.92 Å². The van der Waals surface area contributed by atoms with E-state index in [1.807, 2.05) is 0 Å². The van der Waals surface area contributed by atoms with Gasteiger partial charge >= 0.3 is 0 Å². The van der Waals surface area contributed by atoms with Crippen molar-refractivity contribution in [3.05, 3.63) is 59.2 Å². The van der Waals surface area contributed by atoms with Crippen LogP contribution in [0.2, 0.25) is 0 Å². The lowest BCUT2D eigenvalue weighted by atomic mass is 10.1. The molecule has 2 rings (SSSR count). The number of carbonyl (C=O) groups is 1. The normalized spacial score (nSPS) is 11.8. The van der Waals surface area contributed by atoms with E-state index in [9.17, 15) is 13.2 Å². The first-order valence-corrected chi connectivity index (χ1v) is 12.6. The highest BCUT2D eigenvalue weighted by Gasteiger charge is 2.24. The molecule has 0 fully saturated rings. The molecule has 0 spiro atoms. The van der Waals surface area contributed by atoms with E-state index in [4.69, 9.17) is 4.74 Å². The van der Waals surface area contributed by atoms with Gasteiger partial charge in [0.15, 0.2) is 0 Å². The molecule has 0 aromatic heterocycles. The van der Waals surface area contributed by atoms with Crippen molar-refractivity contribution in [1.29, 1.82) is 0 Å². The number of aryl methyl sites for hydroxylation is 2. The van der Waals surface area contributed by atoms with Crippen molar-refractivity contribution in [3.63, 3.8) is 0 Å². The van der Waals surface area contributed by atoms with E-state index in [1.165, 1.54) is 30.1 Å². The molecule has 33 heavy (non-hydrogen) atoms. The zero-order chi connectivity index (χ0) is 24.6. The fraction of sp³-hybridized carbons (Fsp3) is 0.480. The molecule has 0 aliphatic heterocycles. The van der Waals surface area contributed by atoms with E-state index in [1.54, 1.807) is 31.0 Å². The number of rotatable bonds is 12. The van der Waals surface area contributed by atoms with Crippen molar-refractivity contribution in [2.75, 3.05) is 48.4 Å². The fourth-order valence-electron chi connectivity index (χ4n) is 3.54. The Bertz CT molecular complexity index is 1020. The molecule has 2 aromatic carbocycles. The SMILES string of the molecule is COc1ccc(S(=O)(=O)N(C)CCC(=O)N(C)Cc2ccc(CCCN(C)C)cc2)c(C)c1. The summed E-state index contributed by atoms with van der Waals surface area (Å²) in [6, 6.07) is 13.2. The third-order valence-electron chi connectivity index (χ3n) is 5.65. The summed E-state index contributed by atoms with van der Waals surface area (Å²) in [5, 5.41) is 0. The predicted molar refractivity (Wildman–Crippen MR) is 132 cm³/mol. The zero-order valence-electron chi connectivity index (χ0n) is 20.7. The van der Waals surface area contributed by atoms with Gasteiger partial charge in [-0.25, -0.2) is 12.7 Å². The minimum absolute atomic E-state index is 0.0986. The number of nitrogens with zero attached hydrogens (tertiary/aromatic N) is 3. The van der Waals surface area contributed by atoms with Gasteiger partial charge in [-0.3, -0.25) is 4.79 Å². The van der Waals surface area contributed by atoms with Crippen LogP contribution in [0.1, 0.15) is 29.5 Å². The van der Waals surface area contributed by atoms with Gasteiger partial charge in [-0.1, -0.05) is 24.3 Å². The summed E-state index contributed by atoms with van der Waals surface area (Å²) in [7, 11) is 5.24. The van der Waals surface area contributed by atoms with Gasteiger partial charge in [0.1, 0.15) is 5.75 Å². The largest absolute Gasteiger partial charge is 0.497 e. The number of ether oxygens (including phenoxy) is 1. The quantitative estimate of drug-likeness (QED) is 0.472. The minimum Gasteiger partial charge on any atom is -0.497 e. The van der Waals surface area contributed by atoms with Crippen molar-refractivity contribution in [2.24, 2.45) is 0 Å². The highest BCUT2D eigenvalue weighted by atomic mass is 32.2. The third-order valence-corrected chi connectivity index (χ3v) is 7.67. The van der Waals surface area contributed by atoms with Crippen LogP contribution < -0.4 is 4.74 Å². The van der Waals surface area contributed by atoms with E-state index in [2.05, 4.69) is 43.3 Å². The monoisotopic (exact) mass is 475 g/mol. The number of methoxy groups -OCH3 is 1. The lowest BCUT2D eigenvalue weighted by molar-refractivity contribution is -0.130. The average Bonchev–Trinajstić information content (AvgIpc) is 2.77. The van der Waals surface area contributed by atoms with Crippen LogP contribution in [0.3, 0.4) is 0 Å². The maximum absolute atomic E-state index is 12.9. The van der Waals surface area contributed by atoms with Gasteiger partial charge in [0.25, 0.3) is 0 Å². The second-order valence-electron chi connectivity index (χ2n) is 8.68. The molecule has 8 heteroatoms. The van der Waals surface area contributed by atoms with Crippen LogP contribution in [0.15, 0.2) is 47.4 Å². The molecule has 182 valence electrons. The van der Waals surface area contributed by atoms with Crippen molar-refractivity contribution < 1.29 is 17.9 Å². The number of sulfonamides is 1. The standard InChI is InChI=1S/C25H37N3O4S/c1-20-18-23(32-6)13-14-24(20)33(30,31)28(5)17-15-25(29)27(4)19-22-11-9-21(10-12-22)8-7-16-26(2)3/h9-14,18H,7-8,15-17,19H2,1-6H3. The number of amides is 1. The summed E-state index contributed by atoms with van der Waals surface area (Å²) >= 11 is 0. The lowest BCUT2D eigenvalue weighted by Gasteiger charge is -2.21. The van der Waals surface area contributed by atoms with Gasteiger partial charge in [0, 0.05) is 33.6 Å². The first-order chi connectivity index (χ1) is 15.5. The van der Waals surface area contributed by atoms with Gasteiger partial charge in [0.2, 0.25) is 15.9 Å². The molecule has 0 saturated heterocycles. The number of benzene rings is 2. The molecule has 0 unspecified atom stereocenters. The molecule has 0 aliphatic rings. The van der Waals surface area contributed by atoms with Crippen LogP contribution in [0.25, 0.3) is 0 Å². The van der Waals surface area contributed by atoms with Gasteiger partial charge in [-0.2, -0.15) is 0 Å². The first kappa shape index (κ1) is 26.8. The smallest absolute Gasteiger partial charge is 0.243 e. The van der Waals surface area contributed by atoms with E-state index in [0.717, 1.165) is 24.9 Å². The van der Waals surface area contributed by atoms with Gasteiger partial charge in [0.05, 0.1) is 12.0 Å². The molecule has 0 bridgehead atoms. The number of hydrogen-bond donors (Lipinski definition) is 0. The number of hydrogen-bond acceptors (Lipinski definition) is 5. The Morgan fingerprint density at radius 3 is 2.15 bits per heavy atom. The highest BCUT2D eigenvalue weighted by molar-refractivity contribution is 7.89.